The van der Waals surface area contributed by atoms with Crippen LogP contribution in [-0.4, -0.2) is 10.1 Å². The fraction of sp³-hybridized carbons (Fsp3) is 0.167. The Bertz CT molecular complexity index is 848. The standard InChI is InChI=1S/C18H16N4O2/c1-12(18-21-13(2)22-24-18)20-15-5-9-17(10-6-15)23-16-7-3-14(11-19)4-8-16/h3-10,12,20H,1-2H3/t12-/m1/s1. The van der Waals surface area contributed by atoms with Gasteiger partial charge in [-0.3, -0.25) is 0 Å². The van der Waals surface area contributed by atoms with Crippen LogP contribution in [0, 0.1) is 18.3 Å². The third-order valence-corrected chi connectivity index (χ3v) is 3.37. The lowest BCUT2D eigenvalue weighted by molar-refractivity contribution is 0.364. The Labute approximate surface area is 139 Å². The molecular weight excluding hydrogens is 304 g/mol. The van der Waals surface area contributed by atoms with Gasteiger partial charge in [-0.25, -0.2) is 0 Å². The molecule has 0 bridgehead atoms. The zero-order valence-electron chi connectivity index (χ0n) is 13.4. The van der Waals surface area contributed by atoms with E-state index in [4.69, 9.17) is 14.5 Å². The van der Waals surface area contributed by atoms with Gasteiger partial charge in [0.15, 0.2) is 5.82 Å². The summed E-state index contributed by atoms with van der Waals surface area (Å²) < 4.78 is 10.9. The smallest absolute Gasteiger partial charge is 0.248 e. The maximum absolute atomic E-state index is 8.79. The van der Waals surface area contributed by atoms with Gasteiger partial charge in [0.05, 0.1) is 11.6 Å². The van der Waals surface area contributed by atoms with Crippen molar-refractivity contribution < 1.29 is 9.26 Å². The molecule has 2 aromatic carbocycles. The van der Waals surface area contributed by atoms with E-state index >= 15 is 0 Å². The van der Waals surface area contributed by atoms with Gasteiger partial charge in [-0.1, -0.05) is 5.16 Å². The fourth-order valence-electron chi connectivity index (χ4n) is 2.15. The summed E-state index contributed by atoms with van der Waals surface area (Å²) in [5.74, 6) is 2.56. The van der Waals surface area contributed by atoms with Crippen LogP contribution in [0.5, 0.6) is 11.5 Å². The van der Waals surface area contributed by atoms with Gasteiger partial charge in [-0.15, -0.1) is 0 Å². The molecule has 1 N–H and O–H groups in total. The summed E-state index contributed by atoms with van der Waals surface area (Å²) in [6, 6.07) is 16.5. The van der Waals surface area contributed by atoms with Crippen molar-refractivity contribution in [3.8, 4) is 17.6 Å². The zero-order chi connectivity index (χ0) is 16.9. The second-order valence-corrected chi connectivity index (χ2v) is 5.31. The van der Waals surface area contributed by atoms with Crippen LogP contribution in [-0.2, 0) is 0 Å². The van der Waals surface area contributed by atoms with Crippen LogP contribution < -0.4 is 10.1 Å². The van der Waals surface area contributed by atoms with E-state index in [0.717, 1.165) is 5.69 Å². The van der Waals surface area contributed by atoms with E-state index in [1.165, 1.54) is 0 Å². The predicted octanol–water partition coefficient (Wildman–Crippen LogP) is 4.22. The number of hydrogen-bond donors (Lipinski definition) is 1. The minimum atomic E-state index is -0.0866. The lowest BCUT2D eigenvalue weighted by Crippen LogP contribution is -2.06. The average Bonchev–Trinajstić information content (AvgIpc) is 3.04. The Hall–Kier alpha value is -3.33. The largest absolute Gasteiger partial charge is 0.457 e. The average molecular weight is 320 g/mol. The van der Waals surface area contributed by atoms with Gasteiger partial charge >= 0.3 is 0 Å². The number of hydrogen-bond acceptors (Lipinski definition) is 6. The molecule has 0 saturated carbocycles. The number of nitrogens with zero attached hydrogens (tertiary/aromatic N) is 3. The second-order valence-electron chi connectivity index (χ2n) is 5.31. The highest BCUT2D eigenvalue weighted by Crippen LogP contribution is 2.25. The van der Waals surface area contributed by atoms with Crippen molar-refractivity contribution in [2.24, 2.45) is 0 Å². The van der Waals surface area contributed by atoms with Crippen LogP contribution >= 0.6 is 0 Å². The minimum absolute atomic E-state index is 0.0866. The number of aryl methyl sites for hydroxylation is 1. The molecule has 6 heteroatoms. The van der Waals surface area contributed by atoms with Crippen molar-refractivity contribution >= 4 is 5.69 Å². The quantitative estimate of drug-likeness (QED) is 0.758. The molecule has 0 aliphatic heterocycles. The van der Waals surface area contributed by atoms with E-state index in [9.17, 15) is 0 Å². The Morgan fingerprint density at radius 2 is 1.71 bits per heavy atom. The molecule has 0 spiro atoms. The molecule has 0 amide bonds. The molecule has 120 valence electrons. The molecule has 0 radical (unpaired) electrons. The Balaban J connectivity index is 1.63. The first-order valence-corrected chi connectivity index (χ1v) is 7.49. The highest BCUT2D eigenvalue weighted by molar-refractivity contribution is 5.48. The zero-order valence-corrected chi connectivity index (χ0v) is 13.4. The lowest BCUT2D eigenvalue weighted by Gasteiger charge is -2.12. The summed E-state index contributed by atoms with van der Waals surface area (Å²) in [5.41, 5.74) is 1.53. The van der Waals surface area contributed by atoms with Crippen molar-refractivity contribution in [1.29, 1.82) is 5.26 Å². The first-order valence-electron chi connectivity index (χ1n) is 7.49. The third kappa shape index (κ3) is 3.70. The van der Waals surface area contributed by atoms with Crippen LogP contribution in [0.4, 0.5) is 5.69 Å². The minimum Gasteiger partial charge on any atom is -0.457 e. The second kappa shape index (κ2) is 6.84. The normalized spacial score (nSPS) is 11.5. The SMILES string of the molecule is Cc1noc([C@@H](C)Nc2ccc(Oc3ccc(C#N)cc3)cc2)n1. The monoisotopic (exact) mass is 320 g/mol. The summed E-state index contributed by atoms with van der Waals surface area (Å²) in [5, 5.41) is 15.9. The van der Waals surface area contributed by atoms with Crippen molar-refractivity contribution in [2.45, 2.75) is 19.9 Å². The first kappa shape index (κ1) is 15.6. The molecule has 0 aliphatic carbocycles. The molecule has 3 aromatic rings. The van der Waals surface area contributed by atoms with Gasteiger partial charge in [0, 0.05) is 5.69 Å². The van der Waals surface area contributed by atoms with E-state index in [-0.39, 0.29) is 6.04 Å². The molecule has 0 saturated heterocycles. The highest BCUT2D eigenvalue weighted by atomic mass is 16.5. The van der Waals surface area contributed by atoms with Crippen molar-refractivity contribution in [3.63, 3.8) is 0 Å². The summed E-state index contributed by atoms with van der Waals surface area (Å²) in [4.78, 5) is 4.21. The van der Waals surface area contributed by atoms with Crippen LogP contribution in [0.2, 0.25) is 0 Å². The van der Waals surface area contributed by atoms with Crippen LogP contribution in [0.1, 0.15) is 30.2 Å². The van der Waals surface area contributed by atoms with Crippen LogP contribution in [0.3, 0.4) is 0 Å². The first-order chi connectivity index (χ1) is 11.6. The number of benzene rings is 2. The number of aromatic nitrogens is 2. The molecule has 1 heterocycles. The number of nitrogens with one attached hydrogen (secondary N) is 1. The molecule has 0 unspecified atom stereocenters. The maximum Gasteiger partial charge on any atom is 0.248 e. The number of anilines is 1. The third-order valence-electron chi connectivity index (χ3n) is 3.37. The van der Waals surface area contributed by atoms with Gasteiger partial charge in [0.1, 0.15) is 17.5 Å². The van der Waals surface area contributed by atoms with Gasteiger partial charge < -0.3 is 14.6 Å². The molecular formula is C18H16N4O2. The molecule has 3 rings (SSSR count). The van der Waals surface area contributed by atoms with E-state index in [1.807, 2.05) is 31.2 Å². The summed E-state index contributed by atoms with van der Waals surface area (Å²) in [6.07, 6.45) is 0. The lowest BCUT2D eigenvalue weighted by atomic mass is 10.2. The molecule has 1 atom stereocenters. The van der Waals surface area contributed by atoms with Crippen molar-refractivity contribution in [3.05, 3.63) is 65.8 Å². The van der Waals surface area contributed by atoms with E-state index in [0.29, 0.717) is 28.8 Å². The van der Waals surface area contributed by atoms with Gasteiger partial charge in [0.2, 0.25) is 5.89 Å². The maximum atomic E-state index is 8.79. The molecule has 0 aliphatic rings. The summed E-state index contributed by atoms with van der Waals surface area (Å²) >= 11 is 0. The molecule has 6 nitrogen and oxygen atoms in total. The van der Waals surface area contributed by atoms with Gasteiger partial charge in [-0.2, -0.15) is 10.2 Å². The Kier molecular flexibility index (Phi) is 4.43. The van der Waals surface area contributed by atoms with Crippen molar-refractivity contribution in [2.75, 3.05) is 5.32 Å². The summed E-state index contributed by atoms with van der Waals surface area (Å²) in [7, 11) is 0. The van der Waals surface area contributed by atoms with E-state index < -0.39 is 0 Å². The Morgan fingerprint density at radius 1 is 1.08 bits per heavy atom. The fourth-order valence-corrected chi connectivity index (χ4v) is 2.15. The van der Waals surface area contributed by atoms with E-state index in [2.05, 4.69) is 21.5 Å². The van der Waals surface area contributed by atoms with E-state index in [1.54, 1.807) is 31.2 Å². The Morgan fingerprint density at radius 3 is 2.25 bits per heavy atom. The molecule has 1 aromatic heterocycles. The molecule has 0 fully saturated rings. The number of ether oxygens (including phenoxy) is 1. The van der Waals surface area contributed by atoms with Gasteiger partial charge in [-0.05, 0) is 62.4 Å². The number of rotatable bonds is 5. The van der Waals surface area contributed by atoms with Crippen LogP contribution in [0.15, 0.2) is 53.1 Å². The molecule has 24 heavy (non-hydrogen) atoms. The number of nitriles is 1. The highest BCUT2D eigenvalue weighted by Gasteiger charge is 2.12. The van der Waals surface area contributed by atoms with Crippen molar-refractivity contribution in [1.82, 2.24) is 10.1 Å². The predicted molar refractivity (Wildman–Crippen MR) is 88.7 cm³/mol. The van der Waals surface area contributed by atoms with Gasteiger partial charge in [0.25, 0.3) is 0 Å². The summed E-state index contributed by atoms with van der Waals surface area (Å²) in [6.45, 7) is 3.74. The topological polar surface area (TPSA) is 84.0 Å². The van der Waals surface area contributed by atoms with Crippen LogP contribution in [0.25, 0.3) is 0 Å².